The Kier molecular flexibility index (Phi) is 4.03. The van der Waals surface area contributed by atoms with Crippen LogP contribution in [0.5, 0.6) is 0 Å². The fourth-order valence-corrected chi connectivity index (χ4v) is 1.55. The molecule has 0 aromatic heterocycles. The minimum Gasteiger partial charge on any atom is -0.390 e. The van der Waals surface area contributed by atoms with Gasteiger partial charge in [-0.05, 0) is 11.1 Å². The molecule has 1 aromatic carbocycles. The zero-order valence-electron chi connectivity index (χ0n) is 7.54. The average molecular weight is 197 g/mol. The highest BCUT2D eigenvalue weighted by Gasteiger charge is 2.28. The van der Waals surface area contributed by atoms with E-state index >= 15 is 0 Å². The van der Waals surface area contributed by atoms with Crippen molar-refractivity contribution in [3.63, 3.8) is 0 Å². The van der Waals surface area contributed by atoms with Gasteiger partial charge in [-0.1, -0.05) is 24.3 Å². The molecule has 0 spiro atoms. The summed E-state index contributed by atoms with van der Waals surface area (Å²) in [7, 11) is 0. The van der Waals surface area contributed by atoms with Crippen LogP contribution in [-0.4, -0.2) is 26.5 Å². The highest BCUT2D eigenvalue weighted by molar-refractivity contribution is 5.34. The predicted octanol–water partition coefficient (Wildman–Crippen LogP) is 0.488. The molecule has 14 heavy (non-hydrogen) atoms. The van der Waals surface area contributed by atoms with E-state index in [2.05, 4.69) is 0 Å². The molecular weight excluding hydrogens is 184 g/mol. The van der Waals surface area contributed by atoms with Crippen LogP contribution < -0.4 is 0 Å². The molecule has 0 aliphatic heterocycles. The summed E-state index contributed by atoms with van der Waals surface area (Å²) < 4.78 is 0. The van der Waals surface area contributed by atoms with Crippen molar-refractivity contribution in [2.45, 2.75) is 18.6 Å². The van der Waals surface area contributed by atoms with Gasteiger partial charge in [0.25, 0.3) is 0 Å². The third-order valence-corrected chi connectivity index (χ3v) is 2.17. The number of fused-ring (bicyclic) bond motifs is 1. The first-order chi connectivity index (χ1) is 6.70. The van der Waals surface area contributed by atoms with Crippen molar-refractivity contribution in [1.82, 2.24) is 0 Å². The van der Waals surface area contributed by atoms with E-state index in [1.807, 2.05) is 24.3 Å². The molecule has 0 bridgehead atoms. The standard InChI is InChI=1S/C9H10O2.CH3O2/c10-8-5-6-3-1-2-4-7(6)9(8)11;2-1-3/h1-4,8-11H,5H2;1-3H. The molecular formula is C10H13O4. The van der Waals surface area contributed by atoms with Gasteiger partial charge in [-0.15, -0.1) is 0 Å². The Bertz CT molecular complexity index is 287. The molecule has 0 fully saturated rings. The number of rotatable bonds is 0. The normalized spacial score (nSPS) is 23.7. The van der Waals surface area contributed by atoms with E-state index in [4.69, 9.17) is 10.2 Å². The molecule has 77 valence electrons. The molecule has 0 amide bonds. The summed E-state index contributed by atoms with van der Waals surface area (Å²) >= 11 is 0. The molecule has 4 N–H and O–H groups in total. The van der Waals surface area contributed by atoms with Gasteiger partial charge in [0, 0.05) is 6.42 Å². The zero-order valence-corrected chi connectivity index (χ0v) is 7.54. The van der Waals surface area contributed by atoms with Gasteiger partial charge in [-0.3, -0.25) is 0 Å². The Balaban J connectivity index is 0.000000293. The topological polar surface area (TPSA) is 80.9 Å². The van der Waals surface area contributed by atoms with Gasteiger partial charge in [0.15, 0.2) is 0 Å². The summed E-state index contributed by atoms with van der Waals surface area (Å²) in [6.45, 7) is 0. The number of aliphatic hydroxyl groups is 4. The molecule has 0 saturated carbocycles. The summed E-state index contributed by atoms with van der Waals surface area (Å²) in [5.41, 5.74) is 1.94. The van der Waals surface area contributed by atoms with Crippen LogP contribution in [0.1, 0.15) is 17.2 Å². The molecule has 0 heterocycles. The van der Waals surface area contributed by atoms with E-state index in [1.165, 1.54) is 0 Å². The SMILES string of the molecule is OC1Cc2ccccc2C1O.O[CH]O. The van der Waals surface area contributed by atoms with Gasteiger partial charge >= 0.3 is 0 Å². The maximum Gasteiger partial charge on any atom is 0.204 e. The van der Waals surface area contributed by atoms with Gasteiger partial charge < -0.3 is 20.4 Å². The van der Waals surface area contributed by atoms with E-state index in [9.17, 15) is 10.2 Å². The van der Waals surface area contributed by atoms with Gasteiger partial charge in [-0.25, -0.2) is 0 Å². The van der Waals surface area contributed by atoms with Crippen molar-refractivity contribution in [1.29, 1.82) is 0 Å². The van der Waals surface area contributed by atoms with Crippen molar-refractivity contribution >= 4 is 0 Å². The number of hydrogen-bond donors (Lipinski definition) is 4. The Morgan fingerprint density at radius 1 is 1.14 bits per heavy atom. The van der Waals surface area contributed by atoms with Gasteiger partial charge in [0.1, 0.15) is 6.10 Å². The molecule has 2 atom stereocenters. The number of benzene rings is 1. The van der Waals surface area contributed by atoms with Gasteiger partial charge in [-0.2, -0.15) is 0 Å². The van der Waals surface area contributed by atoms with Crippen molar-refractivity contribution in [3.05, 3.63) is 42.2 Å². The van der Waals surface area contributed by atoms with Crippen molar-refractivity contribution in [2.24, 2.45) is 0 Å². The summed E-state index contributed by atoms with van der Waals surface area (Å²) in [6, 6.07) is 7.59. The monoisotopic (exact) mass is 197 g/mol. The van der Waals surface area contributed by atoms with Crippen LogP contribution in [0.2, 0.25) is 0 Å². The third kappa shape index (κ3) is 2.30. The molecule has 0 saturated heterocycles. The number of hydrogen-bond acceptors (Lipinski definition) is 4. The lowest BCUT2D eigenvalue weighted by Crippen LogP contribution is -2.11. The van der Waals surface area contributed by atoms with Crippen molar-refractivity contribution in [2.75, 3.05) is 0 Å². The third-order valence-electron chi connectivity index (χ3n) is 2.17. The molecule has 4 nitrogen and oxygen atoms in total. The largest absolute Gasteiger partial charge is 0.390 e. The van der Waals surface area contributed by atoms with Crippen molar-refractivity contribution in [3.8, 4) is 0 Å². The Morgan fingerprint density at radius 2 is 1.71 bits per heavy atom. The van der Waals surface area contributed by atoms with E-state index in [1.54, 1.807) is 0 Å². The van der Waals surface area contributed by atoms with E-state index in [0.717, 1.165) is 11.1 Å². The van der Waals surface area contributed by atoms with Crippen LogP contribution in [0.15, 0.2) is 24.3 Å². The van der Waals surface area contributed by atoms with Crippen LogP contribution in [0, 0.1) is 6.79 Å². The van der Waals surface area contributed by atoms with Gasteiger partial charge in [0.2, 0.25) is 6.79 Å². The second-order valence-corrected chi connectivity index (χ2v) is 3.03. The Morgan fingerprint density at radius 3 is 2.29 bits per heavy atom. The fourth-order valence-electron chi connectivity index (χ4n) is 1.55. The van der Waals surface area contributed by atoms with Crippen LogP contribution in [-0.2, 0) is 6.42 Å². The average Bonchev–Trinajstić information content (AvgIpc) is 2.45. The number of aliphatic hydroxyl groups excluding tert-OH is 3. The maximum atomic E-state index is 9.40. The van der Waals surface area contributed by atoms with Crippen LogP contribution >= 0.6 is 0 Å². The second-order valence-electron chi connectivity index (χ2n) is 3.03. The van der Waals surface area contributed by atoms with Crippen molar-refractivity contribution < 1.29 is 20.4 Å². The van der Waals surface area contributed by atoms with Gasteiger partial charge in [0.05, 0.1) is 6.10 Å². The molecule has 1 aromatic rings. The van der Waals surface area contributed by atoms with E-state index < -0.39 is 12.2 Å². The molecule has 1 aliphatic carbocycles. The minimum absolute atomic E-state index is 0. The summed E-state index contributed by atoms with van der Waals surface area (Å²) in [5, 5.41) is 32.7. The van der Waals surface area contributed by atoms with Crippen LogP contribution in [0.4, 0.5) is 0 Å². The second kappa shape index (κ2) is 5.07. The van der Waals surface area contributed by atoms with E-state index in [0.29, 0.717) is 6.42 Å². The molecule has 4 heteroatoms. The predicted molar refractivity (Wildman–Crippen MR) is 49.3 cm³/mol. The maximum absolute atomic E-state index is 9.40. The lowest BCUT2D eigenvalue weighted by atomic mass is 10.1. The molecule has 1 aliphatic rings. The smallest absolute Gasteiger partial charge is 0.204 e. The zero-order chi connectivity index (χ0) is 10.6. The molecule has 2 unspecified atom stereocenters. The Hall–Kier alpha value is -0.940. The fraction of sp³-hybridized carbons (Fsp3) is 0.300. The van der Waals surface area contributed by atoms with Crippen LogP contribution in [0.3, 0.4) is 0 Å². The summed E-state index contributed by atoms with van der Waals surface area (Å²) in [6.07, 6.45) is -0.698. The van der Waals surface area contributed by atoms with Crippen LogP contribution in [0.25, 0.3) is 0 Å². The molecule has 1 radical (unpaired) electrons. The lowest BCUT2D eigenvalue weighted by Gasteiger charge is -2.06. The Labute approximate surface area is 82.1 Å². The highest BCUT2D eigenvalue weighted by atomic mass is 16.5. The first-order valence-electron chi connectivity index (χ1n) is 4.24. The summed E-state index contributed by atoms with van der Waals surface area (Å²) in [5.74, 6) is 0. The minimum atomic E-state index is -0.675. The highest BCUT2D eigenvalue weighted by Crippen LogP contribution is 2.30. The lowest BCUT2D eigenvalue weighted by molar-refractivity contribution is 0.0326. The quantitative estimate of drug-likeness (QED) is 0.488. The molecule has 2 rings (SSSR count). The first-order valence-corrected chi connectivity index (χ1v) is 4.24. The summed E-state index contributed by atoms with van der Waals surface area (Å²) in [4.78, 5) is 0. The van der Waals surface area contributed by atoms with E-state index in [-0.39, 0.29) is 6.79 Å². The first kappa shape index (κ1) is 11.1.